The van der Waals surface area contributed by atoms with E-state index in [0.29, 0.717) is 68.3 Å². The van der Waals surface area contributed by atoms with Crippen LogP contribution in [0.5, 0.6) is 17.4 Å². The molecule has 3 heterocycles. The van der Waals surface area contributed by atoms with Crippen molar-refractivity contribution in [2.45, 2.75) is 140 Å². The van der Waals surface area contributed by atoms with Crippen molar-refractivity contribution in [3.05, 3.63) is 60.4 Å². The Bertz CT molecular complexity index is 2590. The fourth-order valence-electron chi connectivity index (χ4n) is 8.79. The number of sulfonamides is 1. The van der Waals surface area contributed by atoms with Gasteiger partial charge in [-0.05, 0) is 133 Å². The van der Waals surface area contributed by atoms with Crippen LogP contribution in [0.2, 0.25) is 0 Å². The second-order valence-electron chi connectivity index (χ2n) is 19.7. The summed E-state index contributed by atoms with van der Waals surface area (Å²) >= 11 is 0. The van der Waals surface area contributed by atoms with E-state index in [4.69, 9.17) is 23.9 Å². The van der Waals surface area contributed by atoms with Gasteiger partial charge in [0.05, 0.1) is 30.2 Å². The maximum absolute atomic E-state index is 15.4. The average molecular weight is 974 g/mol. The van der Waals surface area contributed by atoms with Crippen LogP contribution in [0.1, 0.15) is 93.4 Å². The zero-order valence-electron chi connectivity index (χ0n) is 39.3. The lowest BCUT2D eigenvalue weighted by Gasteiger charge is -2.34. The number of fused-ring (bicyclic) bond motifs is 3. The number of benzene rings is 2. The molecule has 3 fully saturated rings. The Morgan fingerprint density at radius 2 is 1.72 bits per heavy atom. The van der Waals surface area contributed by atoms with Crippen LogP contribution in [0.15, 0.2) is 54.6 Å². The molecule has 1 saturated heterocycles. The molecule has 2 aliphatic heterocycles. The molecule has 2 saturated carbocycles. The van der Waals surface area contributed by atoms with Gasteiger partial charge in [0.2, 0.25) is 33.3 Å². The maximum atomic E-state index is 15.4. The van der Waals surface area contributed by atoms with Crippen molar-refractivity contribution in [3.63, 3.8) is 0 Å². The Balaban J connectivity index is 1.28. The van der Waals surface area contributed by atoms with E-state index < -0.39 is 91.7 Å². The summed E-state index contributed by atoms with van der Waals surface area (Å²) in [5, 5.41) is 5.85. The first-order valence-electron chi connectivity index (χ1n) is 22.8. The van der Waals surface area contributed by atoms with Gasteiger partial charge in [0.25, 0.3) is 5.91 Å². The number of amides is 4. The minimum Gasteiger partial charge on any atom is -0.494 e. The molecular formula is C48H59F4N5O10S. The van der Waals surface area contributed by atoms with Gasteiger partial charge in [-0.15, -0.1) is 0 Å². The number of alkyl carbamates (subject to hydrolysis) is 1. The quantitative estimate of drug-likeness (QED) is 0.127. The molecule has 1 aromatic heterocycles. The van der Waals surface area contributed by atoms with Crippen LogP contribution in [0.25, 0.3) is 22.0 Å². The van der Waals surface area contributed by atoms with E-state index in [9.17, 15) is 36.0 Å². The summed E-state index contributed by atoms with van der Waals surface area (Å²) in [6.45, 7) is 9.87. The lowest BCUT2D eigenvalue weighted by atomic mass is 9.88. The molecule has 2 aromatic carbocycles. The number of pyridine rings is 1. The molecule has 2 aliphatic carbocycles. The number of alkyl halides is 3. The third kappa shape index (κ3) is 10.5. The summed E-state index contributed by atoms with van der Waals surface area (Å²) in [7, 11) is -2.82. The standard InChI is InChI=1S/C48H59F4N5O10S/c1-26(2)65-32-15-13-29(14-16-32)36-20-30-21-38(64-8)35(49)23-34(30)41(53-36)66-33-22-37-40(58)55-47(43(60)56-68(62,63)46(7)17-18-46)24-31(47)12-10-9-11-27(3)19-28(4)39(42(59)57(37)25-33)54-44(61)67-45(5,6)48(50,51)52/h10,12-16,20-21,23,26-28,31,33,37,39H,9,11,17-19,22,24-25H2,1-8H3,(H,54,61)(H,55,58)(H,56,60). The molecule has 4 amide bonds. The van der Waals surface area contributed by atoms with Gasteiger partial charge in [0.1, 0.15) is 29.5 Å². The molecule has 7 unspecified atom stereocenters. The van der Waals surface area contributed by atoms with Gasteiger partial charge in [0.15, 0.2) is 11.6 Å². The van der Waals surface area contributed by atoms with Crippen molar-refractivity contribution < 1.29 is 64.1 Å². The summed E-state index contributed by atoms with van der Waals surface area (Å²) in [6.07, 6.45) is -2.14. The van der Waals surface area contributed by atoms with Gasteiger partial charge in [-0.25, -0.2) is 22.6 Å². The minimum atomic E-state index is -4.96. The number of carbonyl (C=O) groups excluding carboxylic acids is 4. The highest BCUT2D eigenvalue weighted by Gasteiger charge is 2.63. The predicted octanol–water partition coefficient (Wildman–Crippen LogP) is 7.51. The number of methoxy groups -OCH3 is 1. The highest BCUT2D eigenvalue weighted by Crippen LogP contribution is 2.48. The molecule has 370 valence electrons. The third-order valence-electron chi connectivity index (χ3n) is 13.4. The second-order valence-corrected chi connectivity index (χ2v) is 21.9. The van der Waals surface area contributed by atoms with Gasteiger partial charge in [-0.2, -0.15) is 13.2 Å². The zero-order valence-corrected chi connectivity index (χ0v) is 40.1. The van der Waals surface area contributed by atoms with E-state index in [2.05, 4.69) is 15.4 Å². The SMILES string of the molecule is COc1cc2cc(-c3ccc(OC(C)C)cc3)nc(OC3CC4C(=O)NC5(C(=O)NS(=O)(=O)C6(C)CC6)CC5C=CCCC(C)CC(C)C(NC(=O)OC(C)(C)C(F)(F)F)C(=O)N4C3)c2cc1F. The summed E-state index contributed by atoms with van der Waals surface area (Å²) < 4.78 is 107. The number of hydrogen-bond donors (Lipinski definition) is 3. The van der Waals surface area contributed by atoms with Crippen molar-refractivity contribution in [3.8, 4) is 28.6 Å². The van der Waals surface area contributed by atoms with Crippen molar-refractivity contribution in [2.75, 3.05) is 13.7 Å². The van der Waals surface area contributed by atoms with Crippen LogP contribution in [0, 0.1) is 23.6 Å². The molecule has 0 bridgehead atoms. The zero-order chi connectivity index (χ0) is 49.7. The van der Waals surface area contributed by atoms with E-state index in [1.807, 2.05) is 26.8 Å². The predicted molar refractivity (Wildman–Crippen MR) is 243 cm³/mol. The van der Waals surface area contributed by atoms with Gasteiger partial charge >= 0.3 is 12.3 Å². The third-order valence-corrected chi connectivity index (χ3v) is 15.6. The second kappa shape index (κ2) is 18.7. The number of halogens is 4. The van der Waals surface area contributed by atoms with Crippen LogP contribution in [0.3, 0.4) is 0 Å². The fraction of sp³-hybridized carbons (Fsp3) is 0.562. The summed E-state index contributed by atoms with van der Waals surface area (Å²) in [5.74, 6) is -4.30. The summed E-state index contributed by atoms with van der Waals surface area (Å²) in [4.78, 5) is 63.1. The first-order chi connectivity index (χ1) is 31.8. The average Bonchev–Trinajstić information content (AvgIpc) is 4.13. The monoisotopic (exact) mass is 973 g/mol. The Kier molecular flexibility index (Phi) is 13.8. The summed E-state index contributed by atoms with van der Waals surface area (Å²) in [5.41, 5.74) is -3.61. The molecule has 7 rings (SSSR count). The Labute approximate surface area is 393 Å². The van der Waals surface area contributed by atoms with Crippen LogP contribution >= 0.6 is 0 Å². The number of aromatic nitrogens is 1. The highest BCUT2D eigenvalue weighted by molar-refractivity contribution is 7.91. The van der Waals surface area contributed by atoms with Crippen LogP contribution in [0.4, 0.5) is 22.4 Å². The van der Waals surface area contributed by atoms with E-state index in [0.717, 1.165) is 4.90 Å². The first-order valence-corrected chi connectivity index (χ1v) is 24.3. The number of hydrogen-bond acceptors (Lipinski definition) is 11. The summed E-state index contributed by atoms with van der Waals surface area (Å²) in [6, 6.07) is 8.50. The van der Waals surface area contributed by atoms with Crippen molar-refractivity contribution in [2.24, 2.45) is 17.8 Å². The normalized spacial score (nSPS) is 26.4. The number of rotatable bonds is 11. The molecule has 3 N–H and O–H groups in total. The van der Waals surface area contributed by atoms with Crippen LogP contribution in [-0.4, -0.2) is 102 Å². The van der Waals surface area contributed by atoms with Crippen molar-refractivity contribution in [1.29, 1.82) is 0 Å². The Hall–Kier alpha value is -5.66. The van der Waals surface area contributed by atoms with Gasteiger partial charge in [0, 0.05) is 23.3 Å². The van der Waals surface area contributed by atoms with E-state index in [1.54, 1.807) is 43.3 Å². The minimum absolute atomic E-state index is 0.0494. The molecule has 0 spiro atoms. The fourth-order valence-corrected chi connectivity index (χ4v) is 10.1. The molecule has 15 nitrogen and oxygen atoms in total. The number of nitrogens with zero attached hydrogens (tertiary/aromatic N) is 2. The lowest BCUT2D eigenvalue weighted by molar-refractivity contribution is -0.244. The highest BCUT2D eigenvalue weighted by atomic mass is 32.2. The molecule has 3 aromatic rings. The van der Waals surface area contributed by atoms with Gasteiger partial charge < -0.3 is 34.5 Å². The number of ether oxygens (including phenoxy) is 4. The molecule has 20 heteroatoms. The Morgan fingerprint density at radius 1 is 1.03 bits per heavy atom. The number of nitrogens with one attached hydrogen (secondary N) is 3. The van der Waals surface area contributed by atoms with Crippen molar-refractivity contribution in [1.82, 2.24) is 25.2 Å². The van der Waals surface area contributed by atoms with Gasteiger partial charge in [-0.1, -0.05) is 26.0 Å². The number of carbonyl (C=O) groups is 4. The smallest absolute Gasteiger partial charge is 0.427 e. The van der Waals surface area contributed by atoms with Crippen molar-refractivity contribution >= 4 is 44.6 Å². The first kappa shape index (κ1) is 50.2. The Morgan fingerprint density at radius 3 is 2.35 bits per heavy atom. The molecule has 4 aliphatic rings. The topological polar surface area (TPSA) is 192 Å². The van der Waals surface area contributed by atoms with E-state index in [1.165, 1.54) is 26.2 Å². The van der Waals surface area contributed by atoms with Crippen LogP contribution in [-0.2, 0) is 29.1 Å². The molecule has 0 radical (unpaired) electrons. The molecule has 68 heavy (non-hydrogen) atoms. The maximum Gasteiger partial charge on any atom is 0.427 e. The number of allylic oxidation sites excluding steroid dienone is 1. The lowest BCUT2D eigenvalue weighted by Crippen LogP contribution is -2.59. The molecular weight excluding hydrogens is 915 g/mol. The van der Waals surface area contributed by atoms with Gasteiger partial charge in [-0.3, -0.25) is 19.1 Å². The largest absolute Gasteiger partial charge is 0.494 e. The van der Waals surface area contributed by atoms with E-state index >= 15 is 9.18 Å². The van der Waals surface area contributed by atoms with E-state index in [-0.39, 0.29) is 48.4 Å². The van der Waals surface area contributed by atoms with Crippen LogP contribution < -0.4 is 29.6 Å². The molecule has 7 atom stereocenters.